The fourth-order valence-corrected chi connectivity index (χ4v) is 3.36. The molecule has 1 N–H and O–H groups in total. The van der Waals surface area contributed by atoms with Gasteiger partial charge in [0.2, 0.25) is 0 Å². The van der Waals surface area contributed by atoms with Gasteiger partial charge >= 0.3 is 0 Å². The third-order valence-electron chi connectivity index (χ3n) is 2.97. The fourth-order valence-electron chi connectivity index (χ4n) is 2.28. The lowest BCUT2D eigenvalue weighted by Gasteiger charge is -2.32. The van der Waals surface area contributed by atoms with Crippen molar-refractivity contribution in [3.63, 3.8) is 0 Å². The Morgan fingerprint density at radius 1 is 1.54 bits per heavy atom. The van der Waals surface area contributed by atoms with Crippen molar-refractivity contribution in [3.05, 3.63) is 0 Å². The smallest absolute Gasteiger partial charge is 0.0195 e. The zero-order chi connectivity index (χ0) is 9.10. The van der Waals surface area contributed by atoms with Crippen molar-refractivity contribution in [1.29, 1.82) is 0 Å². The summed E-state index contributed by atoms with van der Waals surface area (Å²) in [5.74, 6) is 1.33. The van der Waals surface area contributed by atoms with Gasteiger partial charge in [-0.2, -0.15) is 11.8 Å². The molecule has 0 radical (unpaired) electrons. The largest absolute Gasteiger partial charge is 0.313 e. The van der Waals surface area contributed by atoms with Gasteiger partial charge in [-0.25, -0.2) is 0 Å². The second-order valence-electron chi connectivity index (χ2n) is 4.23. The Labute approximate surface area is 85.4 Å². The molecule has 76 valence electrons. The summed E-state index contributed by atoms with van der Waals surface area (Å²) >= 11 is 2.12. The van der Waals surface area contributed by atoms with E-state index in [1.54, 1.807) is 0 Å². The number of rotatable bonds is 2. The Morgan fingerprint density at radius 3 is 3.15 bits per heavy atom. The van der Waals surface area contributed by atoms with Crippen LogP contribution >= 0.6 is 11.8 Å². The second kappa shape index (κ2) is 4.67. The average molecular weight is 200 g/mol. The topological polar surface area (TPSA) is 15.3 Å². The normalized spacial score (nSPS) is 36.7. The van der Waals surface area contributed by atoms with E-state index in [-0.39, 0.29) is 0 Å². The molecule has 2 atom stereocenters. The summed E-state index contributed by atoms with van der Waals surface area (Å²) in [6, 6.07) is 0.787. The van der Waals surface area contributed by atoms with E-state index in [4.69, 9.17) is 0 Å². The summed E-state index contributed by atoms with van der Waals surface area (Å²) in [6.45, 7) is 7.46. The summed E-state index contributed by atoms with van der Waals surface area (Å²) in [5.41, 5.74) is 0. The highest BCUT2D eigenvalue weighted by Gasteiger charge is 2.21. The molecule has 2 saturated heterocycles. The van der Waals surface area contributed by atoms with Gasteiger partial charge < -0.3 is 5.32 Å². The standard InChI is InChI=1S/C10H20N2S/c1-9-7-12(5-6-13-9)8-10-3-2-4-11-10/h9-11H,2-8H2,1H3. The van der Waals surface area contributed by atoms with Gasteiger partial charge in [0, 0.05) is 36.7 Å². The van der Waals surface area contributed by atoms with Crippen LogP contribution in [0.25, 0.3) is 0 Å². The van der Waals surface area contributed by atoms with Crippen LogP contribution in [0, 0.1) is 0 Å². The zero-order valence-corrected chi connectivity index (χ0v) is 9.28. The molecule has 0 aromatic carbocycles. The van der Waals surface area contributed by atoms with Crippen LogP contribution in [-0.4, -0.2) is 48.1 Å². The molecule has 2 nitrogen and oxygen atoms in total. The molecule has 13 heavy (non-hydrogen) atoms. The first-order chi connectivity index (χ1) is 6.34. The minimum absolute atomic E-state index is 0.787. The van der Waals surface area contributed by atoms with Gasteiger partial charge in [0.1, 0.15) is 0 Å². The SMILES string of the molecule is CC1CN(CC2CCCN2)CCS1. The lowest BCUT2D eigenvalue weighted by Crippen LogP contribution is -2.43. The van der Waals surface area contributed by atoms with Crippen LogP contribution in [-0.2, 0) is 0 Å². The molecule has 0 aliphatic carbocycles. The van der Waals surface area contributed by atoms with Gasteiger partial charge in [0.15, 0.2) is 0 Å². The van der Waals surface area contributed by atoms with Crippen molar-refractivity contribution in [3.8, 4) is 0 Å². The molecule has 2 rings (SSSR count). The minimum atomic E-state index is 0.787. The fraction of sp³-hybridized carbons (Fsp3) is 1.00. The maximum absolute atomic E-state index is 3.57. The summed E-state index contributed by atoms with van der Waals surface area (Å²) in [4.78, 5) is 2.63. The van der Waals surface area contributed by atoms with E-state index in [9.17, 15) is 0 Å². The van der Waals surface area contributed by atoms with Crippen LogP contribution in [0.5, 0.6) is 0 Å². The highest BCUT2D eigenvalue weighted by Crippen LogP contribution is 2.18. The first-order valence-electron chi connectivity index (χ1n) is 5.42. The first-order valence-corrected chi connectivity index (χ1v) is 6.47. The minimum Gasteiger partial charge on any atom is -0.313 e. The van der Waals surface area contributed by atoms with Gasteiger partial charge in [0.25, 0.3) is 0 Å². The van der Waals surface area contributed by atoms with Crippen LogP contribution < -0.4 is 5.32 Å². The first kappa shape index (κ1) is 9.81. The molecule has 2 aliphatic heterocycles. The van der Waals surface area contributed by atoms with Crippen LogP contribution in [0.1, 0.15) is 19.8 Å². The Morgan fingerprint density at radius 2 is 2.46 bits per heavy atom. The molecular formula is C10H20N2S. The molecule has 2 heterocycles. The molecule has 0 amide bonds. The molecule has 0 spiro atoms. The Hall–Kier alpha value is 0.270. The molecule has 2 aliphatic rings. The number of thioether (sulfide) groups is 1. The van der Waals surface area contributed by atoms with Gasteiger partial charge in [-0.15, -0.1) is 0 Å². The number of hydrogen-bond acceptors (Lipinski definition) is 3. The molecule has 3 heteroatoms. The van der Waals surface area contributed by atoms with E-state index in [1.807, 2.05) is 0 Å². The Balaban J connectivity index is 1.73. The zero-order valence-electron chi connectivity index (χ0n) is 8.46. The Bertz CT molecular complexity index is 157. The van der Waals surface area contributed by atoms with E-state index in [0.717, 1.165) is 11.3 Å². The maximum atomic E-state index is 3.57. The summed E-state index contributed by atoms with van der Waals surface area (Å²) in [7, 11) is 0. The summed E-state index contributed by atoms with van der Waals surface area (Å²) in [6.07, 6.45) is 2.76. The predicted octanol–water partition coefficient (Wildman–Crippen LogP) is 1.18. The summed E-state index contributed by atoms with van der Waals surface area (Å²) < 4.78 is 0. The van der Waals surface area contributed by atoms with Crippen molar-refractivity contribution in [2.45, 2.75) is 31.1 Å². The van der Waals surface area contributed by atoms with E-state index in [0.29, 0.717) is 0 Å². The van der Waals surface area contributed by atoms with Crippen molar-refractivity contribution in [2.24, 2.45) is 0 Å². The van der Waals surface area contributed by atoms with E-state index in [1.165, 1.54) is 44.8 Å². The van der Waals surface area contributed by atoms with Crippen molar-refractivity contribution in [1.82, 2.24) is 10.2 Å². The third-order valence-corrected chi connectivity index (χ3v) is 4.10. The van der Waals surface area contributed by atoms with Crippen molar-refractivity contribution >= 4 is 11.8 Å². The number of hydrogen-bond donors (Lipinski definition) is 1. The highest BCUT2D eigenvalue weighted by atomic mass is 32.2. The lowest BCUT2D eigenvalue weighted by molar-refractivity contribution is 0.260. The third kappa shape index (κ3) is 2.86. The van der Waals surface area contributed by atoms with Gasteiger partial charge in [0.05, 0.1) is 0 Å². The quantitative estimate of drug-likeness (QED) is 0.720. The van der Waals surface area contributed by atoms with Crippen molar-refractivity contribution < 1.29 is 0 Å². The maximum Gasteiger partial charge on any atom is 0.0195 e. The lowest BCUT2D eigenvalue weighted by atomic mass is 10.2. The van der Waals surface area contributed by atoms with Gasteiger partial charge in [-0.05, 0) is 19.4 Å². The molecule has 0 aromatic heterocycles. The molecule has 0 aromatic rings. The van der Waals surface area contributed by atoms with Crippen LogP contribution in [0.15, 0.2) is 0 Å². The van der Waals surface area contributed by atoms with Crippen LogP contribution in [0.3, 0.4) is 0 Å². The van der Waals surface area contributed by atoms with Gasteiger partial charge in [-0.1, -0.05) is 6.92 Å². The number of nitrogens with one attached hydrogen (secondary N) is 1. The van der Waals surface area contributed by atoms with E-state index < -0.39 is 0 Å². The predicted molar refractivity (Wildman–Crippen MR) is 59.4 cm³/mol. The van der Waals surface area contributed by atoms with E-state index >= 15 is 0 Å². The highest BCUT2D eigenvalue weighted by molar-refractivity contribution is 7.99. The second-order valence-corrected chi connectivity index (χ2v) is 5.78. The number of nitrogens with zero attached hydrogens (tertiary/aromatic N) is 1. The summed E-state index contributed by atoms with van der Waals surface area (Å²) in [5, 5.41) is 4.41. The monoisotopic (exact) mass is 200 g/mol. The average Bonchev–Trinajstić information content (AvgIpc) is 2.57. The molecule has 0 saturated carbocycles. The van der Waals surface area contributed by atoms with E-state index in [2.05, 4.69) is 28.9 Å². The van der Waals surface area contributed by atoms with Crippen LogP contribution in [0.2, 0.25) is 0 Å². The van der Waals surface area contributed by atoms with Crippen molar-refractivity contribution in [2.75, 3.05) is 31.9 Å². The molecule has 2 unspecified atom stereocenters. The van der Waals surface area contributed by atoms with Gasteiger partial charge in [-0.3, -0.25) is 4.90 Å². The molecule has 0 bridgehead atoms. The molecule has 2 fully saturated rings. The van der Waals surface area contributed by atoms with Crippen LogP contribution in [0.4, 0.5) is 0 Å². The Kier molecular flexibility index (Phi) is 3.52. The molecular weight excluding hydrogens is 180 g/mol.